The monoisotopic (exact) mass is 280 g/mol. The first kappa shape index (κ1) is 12.4. The Morgan fingerprint density at radius 1 is 1.37 bits per heavy atom. The van der Waals surface area contributed by atoms with E-state index >= 15 is 0 Å². The summed E-state index contributed by atoms with van der Waals surface area (Å²) in [7, 11) is 0. The Morgan fingerprint density at radius 2 is 2.16 bits per heavy atom. The maximum Gasteiger partial charge on any atom is 0.245 e. The van der Waals surface area contributed by atoms with Gasteiger partial charge in [-0.25, -0.2) is 4.98 Å². The molecule has 19 heavy (non-hydrogen) atoms. The van der Waals surface area contributed by atoms with Crippen molar-refractivity contribution < 1.29 is 9.59 Å². The number of hydrogen-bond acceptors (Lipinski definition) is 5. The third-order valence-corrected chi connectivity index (χ3v) is 4.41. The maximum atomic E-state index is 12.2. The number of thiazole rings is 1. The number of hydrogen-bond donors (Lipinski definition) is 1. The molecule has 2 amide bonds. The molecule has 2 fully saturated rings. The highest BCUT2D eigenvalue weighted by atomic mass is 32.1. The van der Waals surface area contributed by atoms with Gasteiger partial charge in [-0.05, 0) is 6.42 Å². The van der Waals surface area contributed by atoms with E-state index in [1.807, 2.05) is 10.3 Å². The minimum Gasteiger partial charge on any atom is -0.345 e. The molecule has 0 bridgehead atoms. The number of nitrogens with zero attached hydrogens (tertiary/aromatic N) is 3. The Kier molecular flexibility index (Phi) is 3.37. The lowest BCUT2D eigenvalue weighted by Gasteiger charge is -2.35. The van der Waals surface area contributed by atoms with Crippen molar-refractivity contribution in [2.24, 2.45) is 0 Å². The first-order valence-electron chi connectivity index (χ1n) is 6.46. The quantitative estimate of drug-likeness (QED) is 0.832. The molecule has 0 spiro atoms. The van der Waals surface area contributed by atoms with E-state index in [4.69, 9.17) is 0 Å². The fraction of sp³-hybridized carbons (Fsp3) is 0.583. The molecule has 0 aliphatic carbocycles. The Labute approximate surface area is 115 Å². The molecule has 102 valence electrons. The number of amides is 2. The first-order valence-corrected chi connectivity index (χ1v) is 7.34. The standard InChI is InChI=1S/C12H16N4O2S/c17-10-2-1-9(14-10)11(18)15-4-6-16(7-5-15)12-13-3-8-19-12/h3,8-9H,1-2,4-7H2,(H,14,17). The second kappa shape index (κ2) is 5.16. The van der Waals surface area contributed by atoms with E-state index in [-0.39, 0.29) is 17.9 Å². The third kappa shape index (κ3) is 2.56. The van der Waals surface area contributed by atoms with Crippen LogP contribution >= 0.6 is 11.3 Å². The number of aromatic nitrogens is 1. The number of carbonyl (C=O) groups is 2. The fourth-order valence-electron chi connectivity index (χ4n) is 2.51. The average Bonchev–Trinajstić information content (AvgIpc) is 3.09. The van der Waals surface area contributed by atoms with Crippen LogP contribution in [0.1, 0.15) is 12.8 Å². The minimum atomic E-state index is -0.307. The molecule has 2 saturated heterocycles. The van der Waals surface area contributed by atoms with E-state index in [0.29, 0.717) is 25.9 Å². The molecule has 0 aromatic carbocycles. The lowest BCUT2D eigenvalue weighted by molar-refractivity contribution is -0.134. The van der Waals surface area contributed by atoms with Gasteiger partial charge in [0.15, 0.2) is 5.13 Å². The van der Waals surface area contributed by atoms with Gasteiger partial charge in [0, 0.05) is 44.2 Å². The van der Waals surface area contributed by atoms with E-state index in [0.717, 1.165) is 18.2 Å². The molecule has 0 radical (unpaired) electrons. The molecule has 1 N–H and O–H groups in total. The Balaban J connectivity index is 1.55. The molecule has 3 rings (SSSR count). The molecule has 1 aromatic heterocycles. The highest BCUT2D eigenvalue weighted by Crippen LogP contribution is 2.19. The second-order valence-corrected chi connectivity index (χ2v) is 5.66. The zero-order valence-electron chi connectivity index (χ0n) is 10.5. The highest BCUT2D eigenvalue weighted by molar-refractivity contribution is 7.13. The average molecular weight is 280 g/mol. The van der Waals surface area contributed by atoms with E-state index in [2.05, 4.69) is 15.2 Å². The number of anilines is 1. The SMILES string of the molecule is O=C1CCC(C(=O)N2CCN(c3nccs3)CC2)N1. The van der Waals surface area contributed by atoms with Gasteiger partial charge in [0.2, 0.25) is 11.8 Å². The van der Waals surface area contributed by atoms with Crippen LogP contribution in [0.25, 0.3) is 0 Å². The van der Waals surface area contributed by atoms with Crippen LogP contribution in [0.3, 0.4) is 0 Å². The van der Waals surface area contributed by atoms with Crippen molar-refractivity contribution in [3.63, 3.8) is 0 Å². The van der Waals surface area contributed by atoms with Crippen molar-refractivity contribution in [3.05, 3.63) is 11.6 Å². The van der Waals surface area contributed by atoms with Crippen LogP contribution < -0.4 is 10.2 Å². The first-order chi connectivity index (χ1) is 9.24. The zero-order chi connectivity index (χ0) is 13.2. The van der Waals surface area contributed by atoms with Crippen molar-refractivity contribution >= 4 is 28.3 Å². The molecule has 1 aromatic rings. The van der Waals surface area contributed by atoms with E-state index < -0.39 is 0 Å². The van der Waals surface area contributed by atoms with E-state index in [9.17, 15) is 9.59 Å². The lowest BCUT2D eigenvalue weighted by atomic mass is 10.2. The van der Waals surface area contributed by atoms with Gasteiger partial charge in [0.1, 0.15) is 6.04 Å². The van der Waals surface area contributed by atoms with E-state index in [1.165, 1.54) is 0 Å². The van der Waals surface area contributed by atoms with Gasteiger partial charge >= 0.3 is 0 Å². The molecular formula is C12H16N4O2S. The Bertz CT molecular complexity index is 468. The maximum absolute atomic E-state index is 12.2. The summed E-state index contributed by atoms with van der Waals surface area (Å²) in [5, 5.41) is 5.71. The number of piperazine rings is 1. The zero-order valence-corrected chi connectivity index (χ0v) is 11.4. The molecule has 2 aliphatic heterocycles. The summed E-state index contributed by atoms with van der Waals surface area (Å²) in [4.78, 5) is 31.7. The number of nitrogens with one attached hydrogen (secondary N) is 1. The smallest absolute Gasteiger partial charge is 0.245 e. The van der Waals surface area contributed by atoms with Crippen molar-refractivity contribution in [2.45, 2.75) is 18.9 Å². The molecule has 3 heterocycles. The van der Waals surface area contributed by atoms with Crippen LogP contribution in [-0.2, 0) is 9.59 Å². The second-order valence-electron chi connectivity index (χ2n) is 4.79. The minimum absolute atomic E-state index is 0.0141. The summed E-state index contributed by atoms with van der Waals surface area (Å²) in [6, 6.07) is -0.307. The van der Waals surface area contributed by atoms with Gasteiger partial charge in [-0.15, -0.1) is 11.3 Å². The topological polar surface area (TPSA) is 65.5 Å². The van der Waals surface area contributed by atoms with Crippen LogP contribution in [-0.4, -0.2) is 53.9 Å². The van der Waals surface area contributed by atoms with Gasteiger partial charge in [-0.1, -0.05) is 0 Å². The van der Waals surface area contributed by atoms with Crippen LogP contribution in [0.15, 0.2) is 11.6 Å². The van der Waals surface area contributed by atoms with Gasteiger partial charge < -0.3 is 15.1 Å². The molecule has 6 nitrogen and oxygen atoms in total. The summed E-state index contributed by atoms with van der Waals surface area (Å²) in [6.07, 6.45) is 2.89. The summed E-state index contributed by atoms with van der Waals surface area (Å²) in [5.74, 6) is 0.0458. The van der Waals surface area contributed by atoms with Crippen LogP contribution in [0, 0.1) is 0 Å². The van der Waals surface area contributed by atoms with Crippen LogP contribution in [0.4, 0.5) is 5.13 Å². The molecule has 0 saturated carbocycles. The van der Waals surface area contributed by atoms with Gasteiger partial charge in [-0.3, -0.25) is 9.59 Å². The summed E-state index contributed by atoms with van der Waals surface area (Å²) in [6.45, 7) is 3.01. The van der Waals surface area contributed by atoms with Crippen molar-refractivity contribution in [1.29, 1.82) is 0 Å². The predicted octanol–water partition coefficient (Wildman–Crippen LogP) is 0.0703. The number of rotatable bonds is 2. The molecule has 7 heteroatoms. The summed E-state index contributed by atoms with van der Waals surface area (Å²) in [5.41, 5.74) is 0. The molecule has 2 aliphatic rings. The summed E-state index contributed by atoms with van der Waals surface area (Å²) < 4.78 is 0. The summed E-state index contributed by atoms with van der Waals surface area (Å²) >= 11 is 1.62. The molecule has 1 atom stereocenters. The van der Waals surface area contributed by atoms with Gasteiger partial charge in [0.25, 0.3) is 0 Å². The van der Waals surface area contributed by atoms with Gasteiger partial charge in [-0.2, -0.15) is 0 Å². The van der Waals surface area contributed by atoms with Crippen LogP contribution in [0.5, 0.6) is 0 Å². The lowest BCUT2D eigenvalue weighted by Crippen LogP contribution is -2.53. The highest BCUT2D eigenvalue weighted by Gasteiger charge is 2.32. The molecular weight excluding hydrogens is 264 g/mol. The van der Waals surface area contributed by atoms with Crippen LogP contribution in [0.2, 0.25) is 0 Å². The molecule has 1 unspecified atom stereocenters. The van der Waals surface area contributed by atoms with Crippen molar-refractivity contribution in [2.75, 3.05) is 31.1 Å². The number of carbonyl (C=O) groups excluding carboxylic acids is 2. The third-order valence-electron chi connectivity index (χ3n) is 3.57. The Morgan fingerprint density at radius 3 is 2.74 bits per heavy atom. The largest absolute Gasteiger partial charge is 0.345 e. The normalized spacial score (nSPS) is 23.6. The van der Waals surface area contributed by atoms with Crippen molar-refractivity contribution in [1.82, 2.24) is 15.2 Å². The van der Waals surface area contributed by atoms with Crippen molar-refractivity contribution in [3.8, 4) is 0 Å². The fourth-order valence-corrected chi connectivity index (χ4v) is 3.21. The Hall–Kier alpha value is -1.63. The predicted molar refractivity (Wildman–Crippen MR) is 72.1 cm³/mol. The van der Waals surface area contributed by atoms with E-state index in [1.54, 1.807) is 17.5 Å². The van der Waals surface area contributed by atoms with Gasteiger partial charge in [0.05, 0.1) is 0 Å².